The van der Waals surface area contributed by atoms with Crippen LogP contribution in [0, 0.1) is 0 Å². The Morgan fingerprint density at radius 1 is 0.596 bits per heavy atom. The van der Waals surface area contributed by atoms with E-state index in [4.69, 9.17) is 18.9 Å². The third-order valence-corrected chi connectivity index (χ3v) is 10.0. The Bertz CT molecular complexity index is 1100. The van der Waals surface area contributed by atoms with Gasteiger partial charge in [0.05, 0.1) is 13.2 Å². The molecule has 0 aromatic rings. The van der Waals surface area contributed by atoms with Crippen molar-refractivity contribution < 1.29 is 49.0 Å². The van der Waals surface area contributed by atoms with Gasteiger partial charge in [-0.05, 0) is 64.2 Å². The molecule has 1 saturated heterocycles. The van der Waals surface area contributed by atoms with Crippen LogP contribution >= 0.6 is 0 Å². The van der Waals surface area contributed by atoms with Crippen LogP contribution in [-0.4, -0.2) is 89.0 Å². The maximum atomic E-state index is 12.8. The topological polar surface area (TPSA) is 152 Å². The molecule has 2 unspecified atom stereocenters. The average Bonchev–Trinajstić information content (AvgIpc) is 3.21. The maximum Gasteiger partial charge on any atom is 0.306 e. The van der Waals surface area contributed by atoms with Crippen molar-refractivity contribution in [3.05, 3.63) is 61.3 Å². The van der Waals surface area contributed by atoms with Gasteiger partial charge in [-0.1, -0.05) is 145 Å². The van der Waals surface area contributed by atoms with Gasteiger partial charge in [-0.25, -0.2) is 0 Å². The highest BCUT2D eigenvalue weighted by Gasteiger charge is 2.44. The quantitative estimate of drug-likeness (QED) is 0.0272. The van der Waals surface area contributed by atoms with Crippen molar-refractivity contribution in [2.24, 2.45) is 0 Å². The molecule has 10 heteroatoms. The second-order valence-electron chi connectivity index (χ2n) is 15.2. The van der Waals surface area contributed by atoms with Gasteiger partial charge in [-0.3, -0.25) is 9.59 Å². The predicted molar refractivity (Wildman–Crippen MR) is 228 cm³/mol. The molecule has 1 aliphatic heterocycles. The van der Waals surface area contributed by atoms with Crippen LogP contribution < -0.4 is 0 Å². The number of aliphatic hydroxyl groups is 4. The summed E-state index contributed by atoms with van der Waals surface area (Å²) in [5.41, 5.74) is 0. The maximum absolute atomic E-state index is 12.8. The van der Waals surface area contributed by atoms with Gasteiger partial charge >= 0.3 is 11.9 Å². The zero-order chi connectivity index (χ0) is 41.6. The highest BCUT2D eigenvalue weighted by molar-refractivity contribution is 5.70. The Morgan fingerprint density at radius 2 is 1.07 bits per heavy atom. The van der Waals surface area contributed by atoms with E-state index in [1.54, 1.807) is 0 Å². The first kappa shape index (κ1) is 52.4. The Labute approximate surface area is 345 Å². The van der Waals surface area contributed by atoms with Crippen molar-refractivity contribution in [1.29, 1.82) is 0 Å². The van der Waals surface area contributed by atoms with Crippen LogP contribution in [0.15, 0.2) is 61.3 Å². The number of hydrogen-bond acceptors (Lipinski definition) is 10. The fourth-order valence-corrected chi connectivity index (χ4v) is 6.45. The third-order valence-electron chi connectivity index (χ3n) is 10.0. The highest BCUT2D eigenvalue weighted by Crippen LogP contribution is 2.22. The standard InChI is InChI=1S/C47H80O10/c1-3-5-7-9-11-13-15-17-19-20-22-23-25-27-29-31-33-35-42(49)54-38-40(39-55-47-46(53)45(52)44(51)41(37-48)57-47)56-43(50)36-34-32-30-28-26-24-21-18-16-14-12-10-8-6-4-2/h4,7,9,13,15,19-20,23,25,40-41,44-48,51-53H,2-3,5-6,8,10-12,14,16-18,21-22,24,26-39H2,1H3/b9-7+,15-13+,20-19+,25-23+/t40-,41-,44+,45?,46?,47-/m0/s1. The summed E-state index contributed by atoms with van der Waals surface area (Å²) in [6.45, 7) is 4.84. The van der Waals surface area contributed by atoms with Gasteiger partial charge < -0.3 is 39.4 Å². The van der Waals surface area contributed by atoms with Crippen molar-refractivity contribution in [3.8, 4) is 0 Å². The molecule has 1 fully saturated rings. The molecule has 0 aromatic carbocycles. The van der Waals surface area contributed by atoms with Gasteiger partial charge in [-0.15, -0.1) is 6.58 Å². The van der Waals surface area contributed by atoms with E-state index in [1.165, 1.54) is 64.2 Å². The molecule has 0 radical (unpaired) electrons. The first-order chi connectivity index (χ1) is 27.8. The first-order valence-electron chi connectivity index (χ1n) is 22.3. The number of esters is 2. The Hall–Kier alpha value is -2.60. The van der Waals surface area contributed by atoms with E-state index < -0.39 is 55.4 Å². The minimum Gasteiger partial charge on any atom is -0.462 e. The number of carbonyl (C=O) groups is 2. The highest BCUT2D eigenvalue weighted by atomic mass is 16.7. The molecule has 6 atom stereocenters. The lowest BCUT2D eigenvalue weighted by molar-refractivity contribution is -0.305. The smallest absolute Gasteiger partial charge is 0.306 e. The number of hydrogen-bond donors (Lipinski definition) is 4. The molecule has 0 spiro atoms. The summed E-state index contributed by atoms with van der Waals surface area (Å²) in [4.78, 5) is 25.3. The number of unbranched alkanes of at least 4 members (excludes halogenated alkanes) is 17. The fraction of sp³-hybridized carbons (Fsp3) is 0.745. The molecule has 0 saturated carbocycles. The van der Waals surface area contributed by atoms with Crippen LogP contribution in [0.1, 0.15) is 167 Å². The van der Waals surface area contributed by atoms with Crippen LogP contribution in [0.3, 0.4) is 0 Å². The van der Waals surface area contributed by atoms with E-state index in [0.29, 0.717) is 12.8 Å². The second-order valence-corrected chi connectivity index (χ2v) is 15.2. The van der Waals surface area contributed by atoms with Crippen LogP contribution in [0.2, 0.25) is 0 Å². The zero-order valence-corrected chi connectivity index (χ0v) is 35.4. The molecule has 0 bridgehead atoms. The number of rotatable bonds is 37. The Kier molecular flexibility index (Phi) is 34.6. The lowest BCUT2D eigenvalue weighted by atomic mass is 9.99. The summed E-state index contributed by atoms with van der Waals surface area (Å²) in [5, 5.41) is 40.1. The monoisotopic (exact) mass is 805 g/mol. The van der Waals surface area contributed by atoms with Gasteiger partial charge in [0.25, 0.3) is 0 Å². The van der Waals surface area contributed by atoms with Crippen LogP contribution in [0.4, 0.5) is 0 Å². The Balaban J connectivity index is 2.35. The van der Waals surface area contributed by atoms with Gasteiger partial charge in [0, 0.05) is 12.8 Å². The summed E-state index contributed by atoms with van der Waals surface area (Å²) in [6.07, 6.45) is 36.8. The largest absolute Gasteiger partial charge is 0.462 e. The van der Waals surface area contributed by atoms with Gasteiger partial charge in [0.15, 0.2) is 12.4 Å². The number of aliphatic hydroxyl groups excluding tert-OH is 4. The molecule has 10 nitrogen and oxygen atoms in total. The van der Waals surface area contributed by atoms with Gasteiger partial charge in [0.2, 0.25) is 0 Å². The number of allylic oxidation sites excluding steroid dienone is 9. The van der Waals surface area contributed by atoms with Crippen molar-refractivity contribution >= 4 is 11.9 Å². The average molecular weight is 805 g/mol. The molecule has 57 heavy (non-hydrogen) atoms. The SMILES string of the molecule is C=CCCCCCCCCCCCCCCCC(=O)O[C@@H](COC(=O)CCCCC/C=C/C/C=C/C/C=C/C/C=C/CCC)CO[C@H]1O[C@@H](CO)[C@@H](O)C(O)C1O. The minimum atomic E-state index is -1.60. The number of ether oxygens (including phenoxy) is 4. The molecule has 1 heterocycles. The molecule has 1 rings (SSSR count). The summed E-state index contributed by atoms with van der Waals surface area (Å²) < 4.78 is 22.1. The lowest BCUT2D eigenvalue weighted by Gasteiger charge is -2.39. The summed E-state index contributed by atoms with van der Waals surface area (Å²) in [5.74, 6) is -0.848. The van der Waals surface area contributed by atoms with Crippen molar-refractivity contribution in [2.75, 3.05) is 19.8 Å². The molecule has 0 amide bonds. The van der Waals surface area contributed by atoms with E-state index in [2.05, 4.69) is 62.1 Å². The molecule has 4 N–H and O–H groups in total. The summed E-state index contributed by atoms with van der Waals surface area (Å²) in [6, 6.07) is 0. The molecule has 0 aliphatic carbocycles. The first-order valence-corrected chi connectivity index (χ1v) is 22.3. The van der Waals surface area contributed by atoms with Gasteiger partial charge in [-0.2, -0.15) is 0 Å². The third kappa shape index (κ3) is 29.3. The summed E-state index contributed by atoms with van der Waals surface area (Å²) in [7, 11) is 0. The van der Waals surface area contributed by atoms with E-state index in [1.807, 2.05) is 6.08 Å². The lowest BCUT2D eigenvalue weighted by Crippen LogP contribution is -2.59. The number of carbonyl (C=O) groups excluding carboxylic acids is 2. The van der Waals surface area contributed by atoms with Crippen molar-refractivity contribution in [2.45, 2.75) is 204 Å². The van der Waals surface area contributed by atoms with E-state index in [0.717, 1.165) is 70.6 Å². The molecule has 1 aliphatic rings. The van der Waals surface area contributed by atoms with Crippen LogP contribution in [0.25, 0.3) is 0 Å². The van der Waals surface area contributed by atoms with E-state index in [-0.39, 0.29) is 26.1 Å². The minimum absolute atomic E-state index is 0.219. The van der Waals surface area contributed by atoms with Gasteiger partial charge in [0.1, 0.15) is 31.0 Å². The normalized spacial score (nSPS) is 20.6. The van der Waals surface area contributed by atoms with Crippen molar-refractivity contribution in [1.82, 2.24) is 0 Å². The van der Waals surface area contributed by atoms with Crippen LogP contribution in [-0.2, 0) is 28.5 Å². The second kappa shape index (κ2) is 37.7. The fourth-order valence-electron chi connectivity index (χ4n) is 6.45. The van der Waals surface area contributed by atoms with E-state index in [9.17, 15) is 30.0 Å². The summed E-state index contributed by atoms with van der Waals surface area (Å²) >= 11 is 0. The molecular weight excluding hydrogens is 725 g/mol. The molecule has 328 valence electrons. The Morgan fingerprint density at radius 3 is 1.61 bits per heavy atom. The molecule has 0 aromatic heterocycles. The molecular formula is C47H80O10. The zero-order valence-electron chi connectivity index (χ0n) is 35.4. The van der Waals surface area contributed by atoms with E-state index >= 15 is 0 Å². The van der Waals surface area contributed by atoms with Crippen LogP contribution in [0.5, 0.6) is 0 Å². The predicted octanol–water partition coefficient (Wildman–Crippen LogP) is 9.44. The van der Waals surface area contributed by atoms with Crippen molar-refractivity contribution in [3.63, 3.8) is 0 Å².